The Morgan fingerprint density at radius 2 is 1.72 bits per heavy atom. The molecule has 5 heteroatoms. The zero-order chi connectivity index (χ0) is 18.1. The molecule has 0 atom stereocenters. The Hall–Kier alpha value is -2.40. The lowest BCUT2D eigenvalue weighted by atomic mass is 9.99. The van der Waals surface area contributed by atoms with Gasteiger partial charge >= 0.3 is 0 Å². The van der Waals surface area contributed by atoms with Gasteiger partial charge in [-0.25, -0.2) is 4.39 Å². The Morgan fingerprint density at radius 3 is 2.36 bits per heavy atom. The molecular weight excluding hydrogens is 337 g/mol. The molecule has 0 N–H and O–H groups in total. The molecule has 1 aliphatic heterocycles. The lowest BCUT2D eigenvalue weighted by molar-refractivity contribution is -0.123. The summed E-state index contributed by atoms with van der Waals surface area (Å²) in [4.78, 5) is 26.3. The molecule has 2 amide bonds. The summed E-state index contributed by atoms with van der Waals surface area (Å²) in [7, 11) is 0. The zero-order valence-corrected chi connectivity index (χ0v) is 15.1. The van der Waals surface area contributed by atoms with E-state index in [9.17, 15) is 14.0 Å². The van der Waals surface area contributed by atoms with Crippen LogP contribution in [0, 0.1) is 26.6 Å². The summed E-state index contributed by atoms with van der Waals surface area (Å²) in [6.45, 7) is 5.93. The van der Waals surface area contributed by atoms with Crippen LogP contribution >= 0.6 is 11.8 Å². The molecule has 0 aromatic heterocycles. The number of amides is 2. The molecular formula is C20H18FNO2S. The number of halogens is 1. The summed E-state index contributed by atoms with van der Waals surface area (Å²) < 4.78 is 13.8. The number of thioether (sulfide) groups is 1. The quantitative estimate of drug-likeness (QED) is 0.728. The van der Waals surface area contributed by atoms with E-state index in [0.717, 1.165) is 38.9 Å². The molecule has 2 aromatic rings. The van der Waals surface area contributed by atoms with E-state index in [-0.39, 0.29) is 17.7 Å². The van der Waals surface area contributed by atoms with Crippen molar-refractivity contribution in [3.63, 3.8) is 0 Å². The maximum atomic E-state index is 13.8. The van der Waals surface area contributed by atoms with Crippen molar-refractivity contribution in [2.24, 2.45) is 0 Å². The van der Waals surface area contributed by atoms with Crippen LogP contribution in [0.2, 0.25) is 0 Å². The van der Waals surface area contributed by atoms with Crippen molar-refractivity contribution in [2.75, 3.05) is 0 Å². The molecule has 1 aliphatic rings. The molecule has 2 aromatic carbocycles. The minimum Gasteiger partial charge on any atom is -0.268 e. The molecule has 3 nitrogen and oxygen atoms in total. The van der Waals surface area contributed by atoms with E-state index in [2.05, 4.69) is 0 Å². The highest BCUT2D eigenvalue weighted by Gasteiger charge is 2.35. The third-order valence-corrected chi connectivity index (χ3v) is 5.08. The summed E-state index contributed by atoms with van der Waals surface area (Å²) in [5.41, 5.74) is 4.53. The molecule has 3 rings (SSSR count). The highest BCUT2D eigenvalue weighted by molar-refractivity contribution is 8.18. The van der Waals surface area contributed by atoms with Gasteiger partial charge in [0, 0.05) is 5.56 Å². The number of hydrogen-bond acceptors (Lipinski definition) is 3. The minimum atomic E-state index is -0.421. The maximum absolute atomic E-state index is 13.8. The maximum Gasteiger partial charge on any atom is 0.293 e. The van der Waals surface area contributed by atoms with Gasteiger partial charge in [0.25, 0.3) is 11.1 Å². The van der Waals surface area contributed by atoms with E-state index in [1.807, 2.05) is 32.9 Å². The number of carbonyl (C=O) groups excluding carboxylic acids is 2. The third kappa shape index (κ3) is 3.51. The number of benzene rings is 2. The van der Waals surface area contributed by atoms with Crippen molar-refractivity contribution in [1.82, 2.24) is 4.90 Å². The SMILES string of the molecule is Cc1cc(C)c(/C=C2\SC(=O)N(Cc3ccccc3F)C2=O)c(C)c1. The average molecular weight is 355 g/mol. The Kier molecular flexibility index (Phi) is 4.77. The highest BCUT2D eigenvalue weighted by Crippen LogP contribution is 2.34. The Bertz CT molecular complexity index is 881. The van der Waals surface area contributed by atoms with Gasteiger partial charge < -0.3 is 0 Å². The van der Waals surface area contributed by atoms with E-state index in [1.165, 1.54) is 6.07 Å². The first kappa shape index (κ1) is 17.4. The fourth-order valence-electron chi connectivity index (χ4n) is 2.98. The molecule has 128 valence electrons. The van der Waals surface area contributed by atoms with E-state index in [0.29, 0.717) is 10.5 Å². The van der Waals surface area contributed by atoms with Crippen molar-refractivity contribution in [2.45, 2.75) is 27.3 Å². The van der Waals surface area contributed by atoms with Gasteiger partial charge in [-0.1, -0.05) is 35.9 Å². The second-order valence-electron chi connectivity index (χ2n) is 6.17. The van der Waals surface area contributed by atoms with Crippen LogP contribution in [-0.4, -0.2) is 16.0 Å². The van der Waals surface area contributed by atoms with Crippen LogP contribution in [0.5, 0.6) is 0 Å². The predicted molar refractivity (Wildman–Crippen MR) is 98.6 cm³/mol. The topological polar surface area (TPSA) is 37.4 Å². The summed E-state index contributed by atoms with van der Waals surface area (Å²) in [6.07, 6.45) is 1.76. The fraction of sp³-hybridized carbons (Fsp3) is 0.200. The van der Waals surface area contributed by atoms with Crippen LogP contribution < -0.4 is 0 Å². The van der Waals surface area contributed by atoms with Crippen LogP contribution in [0.3, 0.4) is 0 Å². The highest BCUT2D eigenvalue weighted by atomic mass is 32.2. The zero-order valence-electron chi connectivity index (χ0n) is 14.3. The lowest BCUT2D eigenvalue weighted by Crippen LogP contribution is -2.27. The second-order valence-corrected chi connectivity index (χ2v) is 7.16. The standard InChI is InChI=1S/C20H18FNO2S/c1-12-8-13(2)16(14(3)9-12)10-18-19(23)22(20(24)25-18)11-15-6-4-5-7-17(15)21/h4-10H,11H2,1-3H3/b18-10-. The molecule has 1 fully saturated rings. The van der Waals surface area contributed by atoms with Gasteiger partial charge in [0.2, 0.25) is 0 Å². The number of rotatable bonds is 3. The first-order valence-corrected chi connectivity index (χ1v) is 8.75. The largest absolute Gasteiger partial charge is 0.293 e. The van der Waals surface area contributed by atoms with Crippen molar-refractivity contribution < 1.29 is 14.0 Å². The summed E-state index contributed by atoms with van der Waals surface area (Å²) in [5, 5.41) is -0.373. The van der Waals surface area contributed by atoms with Crippen LogP contribution in [0.4, 0.5) is 9.18 Å². The minimum absolute atomic E-state index is 0.0550. The van der Waals surface area contributed by atoms with Crippen molar-refractivity contribution >= 4 is 29.0 Å². The Balaban J connectivity index is 1.90. The predicted octanol–water partition coefficient (Wildman–Crippen LogP) is 4.99. The van der Waals surface area contributed by atoms with Crippen molar-refractivity contribution in [3.8, 4) is 0 Å². The first-order valence-electron chi connectivity index (χ1n) is 7.93. The van der Waals surface area contributed by atoms with Gasteiger partial charge in [0.1, 0.15) is 5.82 Å². The molecule has 0 spiro atoms. The molecule has 0 saturated carbocycles. The average Bonchev–Trinajstić information content (AvgIpc) is 2.80. The number of hydrogen-bond donors (Lipinski definition) is 0. The number of carbonyl (C=O) groups is 2. The molecule has 0 unspecified atom stereocenters. The van der Waals surface area contributed by atoms with Crippen LogP contribution in [-0.2, 0) is 11.3 Å². The first-order chi connectivity index (χ1) is 11.9. The van der Waals surface area contributed by atoms with Gasteiger partial charge in [-0.05, 0) is 61.4 Å². The number of nitrogens with zero attached hydrogens (tertiary/aromatic N) is 1. The van der Waals surface area contributed by atoms with E-state index in [4.69, 9.17) is 0 Å². The number of imide groups is 1. The van der Waals surface area contributed by atoms with E-state index in [1.54, 1.807) is 24.3 Å². The lowest BCUT2D eigenvalue weighted by Gasteiger charge is -2.13. The Labute approximate surface area is 150 Å². The second kappa shape index (κ2) is 6.84. The smallest absolute Gasteiger partial charge is 0.268 e. The molecule has 1 heterocycles. The normalized spacial score (nSPS) is 16.2. The summed E-state index contributed by atoms with van der Waals surface area (Å²) >= 11 is 0.899. The van der Waals surface area contributed by atoms with Gasteiger partial charge in [0.15, 0.2) is 0 Å². The monoisotopic (exact) mass is 355 g/mol. The van der Waals surface area contributed by atoms with Crippen LogP contribution in [0.15, 0.2) is 41.3 Å². The fourth-order valence-corrected chi connectivity index (χ4v) is 3.80. The molecule has 1 saturated heterocycles. The number of aryl methyl sites for hydroxylation is 3. The molecule has 0 bridgehead atoms. The van der Waals surface area contributed by atoms with Crippen molar-refractivity contribution in [1.29, 1.82) is 0 Å². The Morgan fingerprint density at radius 1 is 1.08 bits per heavy atom. The van der Waals surface area contributed by atoms with Gasteiger partial charge in [0.05, 0.1) is 11.4 Å². The third-order valence-electron chi connectivity index (χ3n) is 4.17. The van der Waals surface area contributed by atoms with Crippen LogP contribution in [0.1, 0.15) is 27.8 Å². The van der Waals surface area contributed by atoms with E-state index >= 15 is 0 Å². The summed E-state index contributed by atoms with van der Waals surface area (Å²) in [6, 6.07) is 10.3. The molecule has 25 heavy (non-hydrogen) atoms. The van der Waals surface area contributed by atoms with Gasteiger partial charge in [-0.15, -0.1) is 0 Å². The van der Waals surface area contributed by atoms with Crippen molar-refractivity contribution in [3.05, 3.63) is 74.9 Å². The van der Waals surface area contributed by atoms with Gasteiger partial charge in [-0.3, -0.25) is 14.5 Å². The molecule has 0 radical (unpaired) electrons. The van der Waals surface area contributed by atoms with E-state index < -0.39 is 5.82 Å². The molecule has 0 aliphatic carbocycles. The van der Waals surface area contributed by atoms with Gasteiger partial charge in [-0.2, -0.15) is 0 Å². The summed E-state index contributed by atoms with van der Waals surface area (Å²) in [5.74, 6) is -0.798. The van der Waals surface area contributed by atoms with Crippen LogP contribution in [0.25, 0.3) is 6.08 Å².